The molecular formula is C10H16N4O2. The predicted octanol–water partition coefficient (Wildman–Crippen LogP) is -0.562. The van der Waals surface area contributed by atoms with Crippen LogP contribution in [-0.4, -0.2) is 51.1 Å². The number of likely N-dealkylation sites (tertiary alicyclic amines) is 1. The highest BCUT2D eigenvalue weighted by atomic mass is 16.4. The van der Waals surface area contributed by atoms with Gasteiger partial charge in [-0.25, -0.2) is 4.98 Å². The van der Waals surface area contributed by atoms with Gasteiger partial charge in [-0.15, -0.1) is 0 Å². The summed E-state index contributed by atoms with van der Waals surface area (Å²) in [6.45, 7) is 1.41. The van der Waals surface area contributed by atoms with Crippen molar-refractivity contribution in [3.8, 4) is 0 Å². The first-order chi connectivity index (χ1) is 7.66. The SMILES string of the molecule is N[C@H]1CCN([C@@H](Cc2cnc[nH]2)C(=O)O)C1. The van der Waals surface area contributed by atoms with Gasteiger partial charge in [0.05, 0.1) is 6.33 Å². The lowest BCUT2D eigenvalue weighted by atomic mass is 10.1. The number of carbonyl (C=O) groups is 1. The number of nitrogens with zero attached hydrogens (tertiary/aromatic N) is 2. The molecular weight excluding hydrogens is 208 g/mol. The second-order valence-corrected chi connectivity index (χ2v) is 4.18. The topological polar surface area (TPSA) is 95.2 Å². The molecule has 2 heterocycles. The van der Waals surface area contributed by atoms with Gasteiger partial charge in [-0.1, -0.05) is 0 Å². The van der Waals surface area contributed by atoms with Crippen molar-refractivity contribution in [3.63, 3.8) is 0 Å². The van der Waals surface area contributed by atoms with E-state index in [9.17, 15) is 9.90 Å². The van der Waals surface area contributed by atoms with E-state index in [1.54, 1.807) is 12.5 Å². The molecule has 4 N–H and O–H groups in total. The number of hydrogen-bond acceptors (Lipinski definition) is 4. The van der Waals surface area contributed by atoms with E-state index in [2.05, 4.69) is 9.97 Å². The molecule has 2 rings (SSSR count). The quantitative estimate of drug-likeness (QED) is 0.637. The minimum atomic E-state index is -0.802. The monoisotopic (exact) mass is 224 g/mol. The molecule has 1 aliphatic rings. The standard InChI is InChI=1S/C10H16N4O2/c11-7-1-2-14(5-7)9(10(15)16)3-8-4-12-6-13-8/h4,6-7,9H,1-3,5,11H2,(H,12,13)(H,15,16)/t7-,9-/m0/s1. The zero-order valence-electron chi connectivity index (χ0n) is 8.97. The minimum Gasteiger partial charge on any atom is -0.480 e. The van der Waals surface area contributed by atoms with Gasteiger partial charge in [0.15, 0.2) is 0 Å². The molecule has 88 valence electrons. The van der Waals surface area contributed by atoms with Crippen LogP contribution in [0.15, 0.2) is 12.5 Å². The van der Waals surface area contributed by atoms with Crippen molar-refractivity contribution in [1.29, 1.82) is 0 Å². The first kappa shape index (κ1) is 11.1. The number of hydrogen-bond donors (Lipinski definition) is 3. The van der Waals surface area contributed by atoms with Gasteiger partial charge in [0.1, 0.15) is 6.04 Å². The van der Waals surface area contributed by atoms with Crippen LogP contribution in [-0.2, 0) is 11.2 Å². The summed E-state index contributed by atoms with van der Waals surface area (Å²) in [5, 5.41) is 9.20. The van der Waals surface area contributed by atoms with Gasteiger partial charge in [0.25, 0.3) is 0 Å². The number of H-pyrrole nitrogens is 1. The molecule has 1 aromatic rings. The number of rotatable bonds is 4. The lowest BCUT2D eigenvalue weighted by molar-refractivity contribution is -0.142. The molecule has 16 heavy (non-hydrogen) atoms. The van der Waals surface area contributed by atoms with E-state index in [1.807, 2.05) is 4.90 Å². The molecule has 1 aromatic heterocycles. The first-order valence-corrected chi connectivity index (χ1v) is 5.36. The summed E-state index contributed by atoms with van der Waals surface area (Å²) in [7, 11) is 0. The Hall–Kier alpha value is -1.40. The predicted molar refractivity (Wildman–Crippen MR) is 57.9 cm³/mol. The van der Waals surface area contributed by atoms with Crippen molar-refractivity contribution in [2.75, 3.05) is 13.1 Å². The summed E-state index contributed by atoms with van der Waals surface area (Å²) in [6, 6.07) is -0.405. The molecule has 0 amide bonds. The summed E-state index contributed by atoms with van der Waals surface area (Å²) < 4.78 is 0. The van der Waals surface area contributed by atoms with Crippen LogP contribution in [0, 0.1) is 0 Å². The van der Waals surface area contributed by atoms with Crippen LogP contribution in [0.4, 0.5) is 0 Å². The highest BCUT2D eigenvalue weighted by Gasteiger charge is 2.31. The molecule has 0 bridgehead atoms. The number of nitrogens with two attached hydrogens (primary N) is 1. The Bertz CT molecular complexity index is 352. The van der Waals surface area contributed by atoms with E-state index in [0.717, 1.165) is 18.7 Å². The fraction of sp³-hybridized carbons (Fsp3) is 0.600. The fourth-order valence-corrected chi connectivity index (χ4v) is 2.08. The van der Waals surface area contributed by atoms with E-state index in [0.29, 0.717) is 13.0 Å². The first-order valence-electron chi connectivity index (χ1n) is 5.36. The number of aromatic amines is 1. The summed E-state index contributed by atoms with van der Waals surface area (Å²) >= 11 is 0. The number of carboxylic acids is 1. The van der Waals surface area contributed by atoms with Gasteiger partial charge in [0, 0.05) is 37.4 Å². The molecule has 6 nitrogen and oxygen atoms in total. The van der Waals surface area contributed by atoms with Crippen LogP contribution >= 0.6 is 0 Å². The average Bonchev–Trinajstić information content (AvgIpc) is 2.84. The van der Waals surface area contributed by atoms with E-state index < -0.39 is 12.0 Å². The Morgan fingerprint density at radius 1 is 1.81 bits per heavy atom. The lowest BCUT2D eigenvalue weighted by Gasteiger charge is -2.23. The van der Waals surface area contributed by atoms with Crippen molar-refractivity contribution in [2.24, 2.45) is 5.73 Å². The zero-order chi connectivity index (χ0) is 11.5. The van der Waals surface area contributed by atoms with E-state index in [4.69, 9.17) is 5.73 Å². The van der Waals surface area contributed by atoms with Gasteiger partial charge in [-0.3, -0.25) is 9.69 Å². The van der Waals surface area contributed by atoms with Gasteiger partial charge in [-0.2, -0.15) is 0 Å². The van der Waals surface area contributed by atoms with Crippen molar-refractivity contribution in [2.45, 2.75) is 24.9 Å². The maximum Gasteiger partial charge on any atom is 0.321 e. The molecule has 0 radical (unpaired) electrons. The average molecular weight is 224 g/mol. The zero-order valence-corrected chi connectivity index (χ0v) is 8.97. The summed E-state index contributed by atoms with van der Waals surface area (Å²) in [5.74, 6) is -0.802. The Kier molecular flexibility index (Phi) is 3.21. The molecule has 0 saturated carbocycles. The van der Waals surface area contributed by atoms with Gasteiger partial charge >= 0.3 is 5.97 Å². The van der Waals surface area contributed by atoms with Crippen LogP contribution in [0.5, 0.6) is 0 Å². The Labute approximate surface area is 93.5 Å². The molecule has 1 saturated heterocycles. The number of nitrogens with one attached hydrogen (secondary N) is 1. The van der Waals surface area contributed by atoms with Crippen molar-refractivity contribution in [3.05, 3.63) is 18.2 Å². The number of aliphatic carboxylic acids is 1. The molecule has 6 heteroatoms. The molecule has 0 aliphatic carbocycles. The molecule has 0 aromatic carbocycles. The van der Waals surface area contributed by atoms with Gasteiger partial charge in [0.2, 0.25) is 0 Å². The highest BCUT2D eigenvalue weighted by Crippen LogP contribution is 2.14. The third kappa shape index (κ3) is 2.40. The largest absolute Gasteiger partial charge is 0.480 e. The van der Waals surface area contributed by atoms with E-state index in [1.165, 1.54) is 0 Å². The van der Waals surface area contributed by atoms with Crippen LogP contribution in [0.1, 0.15) is 12.1 Å². The van der Waals surface area contributed by atoms with Crippen LogP contribution in [0.25, 0.3) is 0 Å². The third-order valence-corrected chi connectivity index (χ3v) is 2.95. The normalized spacial score (nSPS) is 23.4. The van der Waals surface area contributed by atoms with E-state index in [-0.39, 0.29) is 6.04 Å². The number of aromatic nitrogens is 2. The van der Waals surface area contributed by atoms with Gasteiger partial charge in [-0.05, 0) is 6.42 Å². The van der Waals surface area contributed by atoms with Crippen LogP contribution in [0.2, 0.25) is 0 Å². The summed E-state index contributed by atoms with van der Waals surface area (Å²) in [5.41, 5.74) is 6.62. The minimum absolute atomic E-state index is 0.101. The van der Waals surface area contributed by atoms with Crippen LogP contribution in [0.3, 0.4) is 0 Å². The second kappa shape index (κ2) is 4.63. The maximum atomic E-state index is 11.2. The Balaban J connectivity index is 2.03. The molecule has 0 spiro atoms. The number of carboxylic acid groups (broad SMARTS) is 1. The Morgan fingerprint density at radius 2 is 2.62 bits per heavy atom. The molecule has 1 aliphatic heterocycles. The second-order valence-electron chi connectivity index (χ2n) is 4.18. The smallest absolute Gasteiger partial charge is 0.321 e. The van der Waals surface area contributed by atoms with E-state index >= 15 is 0 Å². The third-order valence-electron chi connectivity index (χ3n) is 2.95. The number of imidazole rings is 1. The summed E-state index contributed by atoms with van der Waals surface area (Å²) in [4.78, 5) is 19.9. The Morgan fingerprint density at radius 3 is 3.12 bits per heavy atom. The molecule has 0 unspecified atom stereocenters. The summed E-state index contributed by atoms with van der Waals surface area (Å²) in [6.07, 6.45) is 4.53. The molecule has 1 fully saturated rings. The van der Waals surface area contributed by atoms with Crippen molar-refractivity contribution >= 4 is 5.97 Å². The fourth-order valence-electron chi connectivity index (χ4n) is 2.08. The highest BCUT2D eigenvalue weighted by molar-refractivity contribution is 5.73. The van der Waals surface area contributed by atoms with Crippen molar-refractivity contribution in [1.82, 2.24) is 14.9 Å². The maximum absolute atomic E-state index is 11.2. The van der Waals surface area contributed by atoms with Crippen LogP contribution < -0.4 is 5.73 Å². The molecule has 2 atom stereocenters. The lowest BCUT2D eigenvalue weighted by Crippen LogP contribution is -2.42. The van der Waals surface area contributed by atoms with Gasteiger partial charge < -0.3 is 15.8 Å². The van der Waals surface area contributed by atoms with Crippen molar-refractivity contribution < 1.29 is 9.90 Å².